The van der Waals surface area contributed by atoms with Gasteiger partial charge in [0.2, 0.25) is 24.1 Å². The number of amides is 6. The molecule has 0 saturated carbocycles. The van der Waals surface area contributed by atoms with Crippen molar-refractivity contribution in [2.45, 2.75) is 135 Å². The summed E-state index contributed by atoms with van der Waals surface area (Å²) in [6, 6.07) is 14.9. The number of hydrogen-bond acceptors (Lipinski definition) is 21. The SMILES string of the molecule is C=O.C=O.C=O.C=O.C=O.C=O.CCC(N)=O.CCC(N)=O.CCCCN.CCCN=C(N)N.CO.CO.Cc1ccc(O)cc1.N#Cc1nc2ccc(NC=O)cc2s1.O=CCCCCCNC(=O)CCCCC1SCC2NC(=O)NC21. The number of aromatic hydroxyl groups is 1. The van der Waals surface area contributed by atoms with Gasteiger partial charge in [0, 0.05) is 69.7 Å². The predicted octanol–water partition coefficient (Wildman–Crippen LogP) is 3.31. The summed E-state index contributed by atoms with van der Waals surface area (Å²) in [7, 11) is 2.00. The number of primary amides is 2. The second-order valence-corrected chi connectivity index (χ2v) is 17.0. The highest BCUT2D eigenvalue weighted by molar-refractivity contribution is 8.00. The topological polar surface area (TPSA) is 493 Å². The molecule has 2 fully saturated rings. The number of aldehydes is 1. The maximum absolute atomic E-state index is 11.7. The first kappa shape index (κ1) is 97.2. The van der Waals surface area contributed by atoms with Gasteiger partial charge in [0.25, 0.3) is 0 Å². The summed E-state index contributed by atoms with van der Waals surface area (Å²) in [5.74, 6) is 1.12. The fraction of sp³-hybridized carbons (Fsp3) is 0.500. The van der Waals surface area contributed by atoms with Gasteiger partial charge in [-0.25, -0.2) is 9.78 Å². The summed E-state index contributed by atoms with van der Waals surface area (Å²) >= 11 is 3.23. The highest BCUT2D eigenvalue weighted by Gasteiger charge is 2.42. The summed E-state index contributed by atoms with van der Waals surface area (Å²) in [6.07, 6.45) is 12.8. The number of aryl methyl sites for hydroxylation is 1. The molecule has 2 aliphatic rings. The van der Waals surface area contributed by atoms with E-state index in [0.29, 0.717) is 60.3 Å². The van der Waals surface area contributed by atoms with Crippen LogP contribution in [0, 0.1) is 18.3 Å². The first-order valence-corrected chi connectivity index (χ1v) is 27.0. The zero-order valence-electron chi connectivity index (χ0n) is 49.5. The first-order chi connectivity index (χ1) is 40.0. The Labute approximate surface area is 498 Å². The first-order valence-electron chi connectivity index (χ1n) is 25.2. The lowest BCUT2D eigenvalue weighted by Crippen LogP contribution is -2.36. The van der Waals surface area contributed by atoms with E-state index < -0.39 is 0 Å². The number of nitriles is 1. The largest absolute Gasteiger partial charge is 0.508 e. The Hall–Kier alpha value is -8.04. The third-order valence-electron chi connectivity index (χ3n) is 8.92. The molecule has 0 aliphatic carbocycles. The molecule has 29 heteroatoms. The van der Waals surface area contributed by atoms with Crippen LogP contribution >= 0.6 is 23.1 Å². The molecule has 2 aromatic carbocycles. The zero-order valence-corrected chi connectivity index (χ0v) is 51.1. The summed E-state index contributed by atoms with van der Waals surface area (Å²) in [5, 5.41) is 43.7. The van der Waals surface area contributed by atoms with Crippen molar-refractivity contribution in [2.75, 3.05) is 44.9 Å². The minimum Gasteiger partial charge on any atom is -0.508 e. The lowest BCUT2D eigenvalue weighted by molar-refractivity contribution is -0.121. The number of guanidine groups is 1. The maximum atomic E-state index is 11.7. The molecule has 2 saturated heterocycles. The van der Waals surface area contributed by atoms with E-state index in [9.17, 15) is 28.8 Å². The van der Waals surface area contributed by atoms with Gasteiger partial charge in [-0.1, -0.05) is 64.7 Å². The van der Waals surface area contributed by atoms with Crippen LogP contribution in [0.2, 0.25) is 0 Å². The lowest BCUT2D eigenvalue weighted by Gasteiger charge is -2.16. The van der Waals surface area contributed by atoms with E-state index in [1.54, 1.807) is 44.2 Å². The zero-order chi connectivity index (χ0) is 66.8. The quantitative estimate of drug-likeness (QED) is 0.0269. The van der Waals surface area contributed by atoms with Crippen LogP contribution in [0.25, 0.3) is 10.2 Å². The van der Waals surface area contributed by atoms with Crippen molar-refractivity contribution < 1.29 is 72.9 Å². The molecule has 3 aromatic rings. The Morgan fingerprint density at radius 2 is 1.31 bits per heavy atom. The van der Waals surface area contributed by atoms with Crippen LogP contribution in [0.4, 0.5) is 10.5 Å². The number of thiazole rings is 1. The van der Waals surface area contributed by atoms with Gasteiger partial charge in [-0.3, -0.25) is 24.2 Å². The standard InChI is InChI=1S/C16H27N3O3S.C9H5N3OS.C7H8O.C4H11N3.C4H11N.2C3H7NO.2CH4O.6CH2O/c20-10-6-2-1-5-9-17-14(21)8-4-3-7-13-15-12(11-23-13)18-16(22)19-15;10-4-9-12-7-2-1-6(11-5-13)3-8(7)14-9;1-6-2-4-7(8)5-3-6;1-2-3-7-4(5)6;1-2-3-4-5;2*1-2-3(4)5;8*1-2/h10,12-13,15H,1-9,11H2,(H,17,21)(H2,18,19,22);1-3,5H,(H,11,13);2-5,8H,1H3;2-3H2,1H3,(H4,5,6,7);2-5H2,1H3;2*2H2,1H3,(H2,4,5);2*2H,1H3;6*1H2. The van der Waals surface area contributed by atoms with Crippen molar-refractivity contribution in [3.63, 3.8) is 0 Å². The van der Waals surface area contributed by atoms with Gasteiger partial charge < -0.3 is 98.8 Å². The molecule has 474 valence electrons. The Balaban J connectivity index is -0.0000000963. The molecular formula is C54H96N12O15S2. The van der Waals surface area contributed by atoms with Gasteiger partial charge >= 0.3 is 6.03 Å². The number of urea groups is 1. The smallest absolute Gasteiger partial charge is 0.315 e. The second kappa shape index (κ2) is 82.8. The van der Waals surface area contributed by atoms with Gasteiger partial charge in [-0.2, -0.15) is 17.0 Å². The molecule has 3 unspecified atom stereocenters. The number of nitrogens with zero attached hydrogens (tertiary/aromatic N) is 3. The minimum absolute atomic E-state index is 0.0437. The van der Waals surface area contributed by atoms with E-state index in [-0.39, 0.29) is 41.8 Å². The number of thioether (sulfide) groups is 1. The van der Waals surface area contributed by atoms with Crippen molar-refractivity contribution in [3.8, 4) is 11.8 Å². The van der Waals surface area contributed by atoms with Crippen molar-refractivity contribution in [3.05, 3.63) is 53.0 Å². The summed E-state index contributed by atoms with van der Waals surface area (Å²) < 4.78 is 0.897. The fourth-order valence-corrected chi connectivity index (χ4v) is 7.59. The van der Waals surface area contributed by atoms with Crippen molar-refractivity contribution in [1.29, 1.82) is 5.26 Å². The molecule has 1 aromatic heterocycles. The maximum Gasteiger partial charge on any atom is 0.315 e. The molecule has 27 nitrogen and oxygen atoms in total. The van der Waals surface area contributed by atoms with E-state index >= 15 is 0 Å². The van der Waals surface area contributed by atoms with Gasteiger partial charge in [0.1, 0.15) is 58.8 Å². The van der Waals surface area contributed by atoms with Crippen LogP contribution in [0.1, 0.15) is 122 Å². The van der Waals surface area contributed by atoms with Crippen LogP contribution in [0.3, 0.4) is 0 Å². The summed E-state index contributed by atoms with van der Waals surface area (Å²) in [5.41, 5.74) is 27.1. The predicted molar refractivity (Wildman–Crippen MR) is 331 cm³/mol. The van der Waals surface area contributed by atoms with Gasteiger partial charge in [0.05, 0.1) is 22.3 Å². The van der Waals surface area contributed by atoms with Crippen molar-refractivity contribution in [1.82, 2.24) is 20.9 Å². The van der Waals surface area contributed by atoms with Gasteiger partial charge in [-0.15, -0.1) is 11.3 Å². The van der Waals surface area contributed by atoms with Crippen LogP contribution in [0.5, 0.6) is 5.75 Å². The molecular weight excluding hydrogens is 1120 g/mol. The van der Waals surface area contributed by atoms with Gasteiger partial charge in [-0.05, 0) is 82.3 Å². The number of benzene rings is 2. The third kappa shape index (κ3) is 70.0. The van der Waals surface area contributed by atoms with E-state index in [1.807, 2.05) is 84.5 Å². The molecule has 2 aliphatic heterocycles. The number of hydrogen-bond donors (Lipinski definition) is 12. The summed E-state index contributed by atoms with van der Waals surface area (Å²) in [6.45, 7) is 23.9. The van der Waals surface area contributed by atoms with Crippen molar-refractivity contribution in [2.24, 2.45) is 33.7 Å². The molecule has 3 atom stereocenters. The highest BCUT2D eigenvalue weighted by Crippen LogP contribution is 2.33. The number of aliphatic hydroxyl groups excluding tert-OH is 2. The average molecular weight is 1220 g/mol. The van der Waals surface area contributed by atoms with Crippen LogP contribution in [-0.2, 0) is 52.7 Å². The van der Waals surface area contributed by atoms with Crippen LogP contribution in [-0.4, -0.2) is 160 Å². The summed E-state index contributed by atoms with van der Waals surface area (Å²) in [4.78, 5) is 118. The number of nitrogens with two attached hydrogens (primary N) is 5. The lowest BCUT2D eigenvalue weighted by atomic mass is 10.0. The fourth-order valence-electron chi connectivity index (χ4n) is 5.24. The van der Waals surface area contributed by atoms with Crippen LogP contribution < -0.4 is 49.9 Å². The number of carbonyl (C=O) groups is 12. The molecule has 3 heterocycles. The number of phenolic OH excluding ortho intramolecular Hbond substituents is 1. The van der Waals surface area contributed by atoms with E-state index in [4.69, 9.17) is 66.5 Å². The Morgan fingerprint density at radius 1 is 0.783 bits per heavy atom. The number of phenols is 1. The van der Waals surface area contributed by atoms with E-state index in [1.165, 1.54) is 29.7 Å². The number of aliphatic imine (C=N–C) groups is 1. The number of fused-ring (bicyclic) bond motifs is 2. The monoisotopic (exact) mass is 1220 g/mol. The molecule has 83 heavy (non-hydrogen) atoms. The average Bonchev–Trinajstić information content (AvgIpc) is 4.32. The number of unbranched alkanes of at least 4 members (excludes halogenated alkanes) is 5. The number of rotatable bonds is 19. The van der Waals surface area contributed by atoms with Crippen molar-refractivity contribution >= 4 is 122 Å². The molecule has 0 spiro atoms. The highest BCUT2D eigenvalue weighted by atomic mass is 32.2. The normalized spacial score (nSPS) is 12.1. The number of aromatic nitrogens is 1. The minimum atomic E-state index is -0.245. The molecule has 5 rings (SSSR count). The van der Waals surface area contributed by atoms with Gasteiger partial charge in [0.15, 0.2) is 11.0 Å². The molecule has 6 amide bonds. The molecule has 17 N–H and O–H groups in total. The number of carbonyl (C=O) groups excluding carboxylic acids is 12. The molecule has 0 bridgehead atoms. The number of aliphatic hydroxyl groups is 2. The van der Waals surface area contributed by atoms with E-state index in [2.05, 4.69) is 49.6 Å². The van der Waals surface area contributed by atoms with E-state index in [0.717, 1.165) is 94.5 Å². The Bertz CT molecular complexity index is 1980. The molecule has 0 radical (unpaired) electrons. The Kier molecular flexibility index (Phi) is 96.9. The number of nitrogens with one attached hydrogen (secondary N) is 4. The second-order valence-electron chi connectivity index (χ2n) is 14.7. The Morgan fingerprint density at radius 3 is 1.71 bits per heavy atom. The third-order valence-corrected chi connectivity index (χ3v) is 11.3. The van der Waals surface area contributed by atoms with Crippen LogP contribution in [0.15, 0.2) is 47.5 Å². The number of anilines is 1.